The molecule has 1 aromatic heterocycles. The van der Waals surface area contributed by atoms with Crippen molar-refractivity contribution in [2.24, 2.45) is 0 Å². The van der Waals surface area contributed by atoms with Gasteiger partial charge in [0.1, 0.15) is 0 Å². The van der Waals surface area contributed by atoms with Crippen molar-refractivity contribution in [3.8, 4) is 22.4 Å². The van der Waals surface area contributed by atoms with Gasteiger partial charge in [0.05, 0.1) is 5.69 Å². The van der Waals surface area contributed by atoms with Gasteiger partial charge in [0, 0.05) is 13.1 Å². The minimum absolute atomic E-state index is 0.687. The van der Waals surface area contributed by atoms with Gasteiger partial charge in [0.15, 0.2) is 0 Å². The van der Waals surface area contributed by atoms with E-state index in [-0.39, 0.29) is 0 Å². The lowest BCUT2D eigenvalue weighted by molar-refractivity contribution is 0.861. The highest BCUT2D eigenvalue weighted by Crippen LogP contribution is 2.31. The zero-order valence-electron chi connectivity index (χ0n) is 13.4. The molecule has 0 aliphatic heterocycles. The van der Waals surface area contributed by atoms with E-state index in [1.54, 1.807) is 0 Å². The molecule has 104 valence electrons. The Labute approximate surface area is 127 Å². The number of aromatic nitrogens is 1. The first kappa shape index (κ1) is 12.3. The van der Waals surface area contributed by atoms with E-state index in [4.69, 9.17) is 1.37 Å². The summed E-state index contributed by atoms with van der Waals surface area (Å²) in [5, 5.41) is 0. The van der Waals surface area contributed by atoms with Crippen LogP contribution in [0.2, 0.25) is 0 Å². The van der Waals surface area contributed by atoms with E-state index < -0.39 is 5.89 Å². The van der Waals surface area contributed by atoms with E-state index in [0.717, 1.165) is 27.9 Å². The van der Waals surface area contributed by atoms with Crippen LogP contribution in [0.3, 0.4) is 0 Å². The highest BCUT2D eigenvalue weighted by molar-refractivity contribution is 5.73. The first-order valence-electron chi connectivity index (χ1n) is 7.67. The van der Waals surface area contributed by atoms with Crippen LogP contribution in [0.15, 0.2) is 72.9 Å². The maximum Gasteiger partial charge on any atom is 0.0708 e. The van der Waals surface area contributed by atoms with Gasteiger partial charge in [0.2, 0.25) is 0 Å². The Morgan fingerprint density at radius 1 is 0.857 bits per heavy atom. The molecule has 0 N–H and O–H groups in total. The fraction of sp³-hybridized carbons (Fsp3) is 0.150. The summed E-state index contributed by atoms with van der Waals surface area (Å²) in [7, 11) is 0. The van der Waals surface area contributed by atoms with Crippen LogP contribution in [0.4, 0.5) is 0 Å². The maximum atomic E-state index is 8.40. The molecule has 21 heavy (non-hydrogen) atoms. The first-order chi connectivity index (χ1) is 10.6. The van der Waals surface area contributed by atoms with Crippen molar-refractivity contribution in [1.29, 1.82) is 0 Å². The van der Waals surface area contributed by atoms with Crippen LogP contribution in [0, 0.1) is 0 Å². The molecule has 0 unspecified atom stereocenters. The van der Waals surface area contributed by atoms with E-state index in [2.05, 4.69) is 35.3 Å². The summed E-state index contributed by atoms with van der Waals surface area (Å²) in [6.07, 6.45) is 1.84. The van der Waals surface area contributed by atoms with Crippen molar-refractivity contribution in [2.45, 2.75) is 19.7 Å². The Hall–Kier alpha value is -2.41. The molecule has 0 aliphatic carbocycles. The van der Waals surface area contributed by atoms with Crippen molar-refractivity contribution >= 4 is 0 Å². The van der Waals surface area contributed by atoms with Crippen LogP contribution in [-0.4, -0.2) is 4.98 Å². The number of hydrogen-bond acceptors (Lipinski definition) is 1. The van der Waals surface area contributed by atoms with Gasteiger partial charge in [-0.1, -0.05) is 74.5 Å². The molecule has 0 atom stereocenters. The molecule has 0 amide bonds. The van der Waals surface area contributed by atoms with Gasteiger partial charge >= 0.3 is 0 Å². The van der Waals surface area contributed by atoms with E-state index in [1.165, 1.54) is 0 Å². The standard InChI is InChI=1S/C20H19N/c1-15(2)19-14-21-20(17-11-7-4-8-12-17)13-18(19)16-9-5-3-6-10-16/h3-15H,1-2H3/i15D. The molecule has 0 saturated carbocycles. The maximum absolute atomic E-state index is 8.40. The van der Waals surface area contributed by atoms with Crippen molar-refractivity contribution in [2.75, 3.05) is 0 Å². The van der Waals surface area contributed by atoms with Gasteiger partial charge in [-0.05, 0) is 28.7 Å². The van der Waals surface area contributed by atoms with Gasteiger partial charge in [-0.25, -0.2) is 0 Å². The molecule has 0 bridgehead atoms. The molecular weight excluding hydrogens is 254 g/mol. The van der Waals surface area contributed by atoms with Crippen LogP contribution in [0.1, 0.15) is 26.7 Å². The Bertz CT molecular complexity index is 759. The average molecular weight is 274 g/mol. The monoisotopic (exact) mass is 274 g/mol. The molecule has 0 fully saturated rings. The van der Waals surface area contributed by atoms with Gasteiger partial charge in [-0.15, -0.1) is 0 Å². The summed E-state index contributed by atoms with van der Waals surface area (Å²) in [6, 6.07) is 22.5. The van der Waals surface area contributed by atoms with E-state index in [9.17, 15) is 0 Å². The molecule has 3 aromatic rings. The number of rotatable bonds is 3. The number of hydrogen-bond donors (Lipinski definition) is 0. The van der Waals surface area contributed by atoms with Gasteiger partial charge in [-0.2, -0.15) is 0 Å². The van der Waals surface area contributed by atoms with Crippen molar-refractivity contribution in [3.63, 3.8) is 0 Å². The molecule has 3 rings (SSSR count). The smallest absolute Gasteiger partial charge is 0.0708 e. The van der Waals surface area contributed by atoms with Crippen LogP contribution >= 0.6 is 0 Å². The largest absolute Gasteiger partial charge is 0.256 e. The van der Waals surface area contributed by atoms with Crippen LogP contribution < -0.4 is 0 Å². The van der Waals surface area contributed by atoms with Crippen molar-refractivity contribution < 1.29 is 1.37 Å². The Morgan fingerprint density at radius 3 is 2.00 bits per heavy atom. The molecule has 1 heterocycles. The summed E-state index contributed by atoms with van der Waals surface area (Å²) in [4.78, 5) is 4.58. The fourth-order valence-electron chi connectivity index (χ4n) is 2.48. The van der Waals surface area contributed by atoms with Crippen molar-refractivity contribution in [1.82, 2.24) is 4.98 Å². The highest BCUT2D eigenvalue weighted by Gasteiger charge is 2.11. The SMILES string of the molecule is [2H]C(C)(C)c1cnc(-c2ccccc2)cc1-c1ccccc1. The highest BCUT2D eigenvalue weighted by atomic mass is 14.7. The summed E-state index contributed by atoms with van der Waals surface area (Å²) in [6.45, 7) is 3.80. The molecule has 2 aromatic carbocycles. The van der Waals surface area contributed by atoms with Crippen LogP contribution in [0.25, 0.3) is 22.4 Å². The number of pyridine rings is 1. The predicted octanol–water partition coefficient (Wildman–Crippen LogP) is 5.54. The molecule has 0 spiro atoms. The summed E-state index contributed by atoms with van der Waals surface area (Å²) in [5.41, 5.74) is 5.17. The second-order valence-electron chi connectivity index (χ2n) is 5.35. The summed E-state index contributed by atoms with van der Waals surface area (Å²) in [5.74, 6) is -0.687. The Morgan fingerprint density at radius 2 is 1.43 bits per heavy atom. The topological polar surface area (TPSA) is 12.9 Å². The van der Waals surface area contributed by atoms with E-state index in [1.807, 2.05) is 56.4 Å². The zero-order valence-corrected chi connectivity index (χ0v) is 12.4. The third-order valence-electron chi connectivity index (χ3n) is 3.60. The van der Waals surface area contributed by atoms with Gasteiger partial charge < -0.3 is 0 Å². The molecular formula is C20H19N. The Kier molecular flexibility index (Phi) is 3.48. The van der Waals surface area contributed by atoms with Crippen LogP contribution in [-0.2, 0) is 0 Å². The first-order valence-corrected chi connectivity index (χ1v) is 7.17. The minimum atomic E-state index is -0.687. The predicted molar refractivity (Wildman–Crippen MR) is 89.2 cm³/mol. The lowest BCUT2D eigenvalue weighted by atomic mass is 9.93. The van der Waals surface area contributed by atoms with E-state index >= 15 is 0 Å². The second-order valence-corrected chi connectivity index (χ2v) is 5.35. The second kappa shape index (κ2) is 5.92. The van der Waals surface area contributed by atoms with E-state index in [0.29, 0.717) is 0 Å². The number of nitrogens with zero attached hydrogens (tertiary/aromatic N) is 1. The molecule has 0 saturated heterocycles. The Balaban J connectivity index is 2.20. The quantitative estimate of drug-likeness (QED) is 0.611. The lowest BCUT2D eigenvalue weighted by Crippen LogP contribution is -1.96. The molecule has 0 radical (unpaired) electrons. The fourth-order valence-corrected chi connectivity index (χ4v) is 2.48. The molecule has 1 nitrogen and oxygen atoms in total. The zero-order chi connectivity index (χ0) is 15.6. The van der Waals surface area contributed by atoms with Crippen molar-refractivity contribution in [3.05, 3.63) is 78.5 Å². The summed E-state index contributed by atoms with van der Waals surface area (Å²) < 4.78 is 8.40. The third kappa shape index (κ3) is 2.87. The van der Waals surface area contributed by atoms with Crippen LogP contribution in [0.5, 0.6) is 0 Å². The summed E-state index contributed by atoms with van der Waals surface area (Å²) >= 11 is 0. The molecule has 1 heteroatoms. The molecule has 0 aliphatic rings. The van der Waals surface area contributed by atoms with Gasteiger partial charge in [-0.3, -0.25) is 4.98 Å². The average Bonchev–Trinajstić information content (AvgIpc) is 2.55. The number of benzene rings is 2. The lowest BCUT2D eigenvalue weighted by Gasteiger charge is -2.14. The normalized spacial score (nSPS) is 12.0. The van der Waals surface area contributed by atoms with Gasteiger partial charge in [0.25, 0.3) is 0 Å². The minimum Gasteiger partial charge on any atom is -0.256 e. The third-order valence-corrected chi connectivity index (χ3v) is 3.60.